The van der Waals surface area contributed by atoms with Crippen LogP contribution in [0.3, 0.4) is 0 Å². The minimum atomic E-state index is -0.194. The highest BCUT2D eigenvalue weighted by Crippen LogP contribution is 2.24. The average molecular weight is 275 g/mol. The fraction of sp³-hybridized carbons (Fsp3) is 0.438. The third-order valence-corrected chi connectivity index (χ3v) is 3.43. The van der Waals surface area contributed by atoms with Gasteiger partial charge in [-0.15, -0.1) is 0 Å². The topological polar surface area (TPSA) is 29.9 Å². The summed E-state index contributed by atoms with van der Waals surface area (Å²) in [6.07, 6.45) is 0.898. The molecule has 1 unspecified atom stereocenters. The molecule has 3 nitrogen and oxygen atoms in total. The van der Waals surface area contributed by atoms with Gasteiger partial charge in [-0.1, -0.05) is 19.9 Å². The molecule has 0 saturated heterocycles. The first-order chi connectivity index (χ1) is 9.55. The Balaban J connectivity index is 2.46. The Hall–Kier alpha value is -1.68. The molecule has 0 aliphatic heterocycles. The summed E-state index contributed by atoms with van der Waals surface area (Å²) in [4.78, 5) is 0. The molecule has 0 fully saturated rings. The Morgan fingerprint density at radius 3 is 2.55 bits per heavy atom. The van der Waals surface area contributed by atoms with Crippen LogP contribution in [0.5, 0.6) is 0 Å². The van der Waals surface area contributed by atoms with E-state index in [9.17, 15) is 4.39 Å². The zero-order valence-corrected chi connectivity index (χ0v) is 12.6. The number of nitrogens with zero attached hydrogens (tertiary/aromatic N) is 2. The minimum absolute atomic E-state index is 0.0350. The van der Waals surface area contributed by atoms with E-state index >= 15 is 0 Å². The number of halogens is 1. The van der Waals surface area contributed by atoms with E-state index in [1.54, 1.807) is 12.1 Å². The van der Waals surface area contributed by atoms with Crippen molar-refractivity contribution in [3.63, 3.8) is 0 Å². The third kappa shape index (κ3) is 3.07. The van der Waals surface area contributed by atoms with Crippen molar-refractivity contribution in [3.8, 4) is 0 Å². The smallest absolute Gasteiger partial charge is 0.123 e. The summed E-state index contributed by atoms with van der Waals surface area (Å²) in [5.74, 6) is -0.194. The number of aromatic nitrogens is 2. The van der Waals surface area contributed by atoms with E-state index in [1.165, 1.54) is 0 Å². The van der Waals surface area contributed by atoms with Crippen molar-refractivity contribution in [2.75, 3.05) is 6.54 Å². The zero-order chi connectivity index (χ0) is 14.7. The lowest BCUT2D eigenvalue weighted by Gasteiger charge is -2.19. The van der Waals surface area contributed by atoms with Crippen LogP contribution in [0.15, 0.2) is 24.3 Å². The summed E-state index contributed by atoms with van der Waals surface area (Å²) in [7, 11) is 1.94. The highest BCUT2D eigenvalue weighted by molar-refractivity contribution is 5.32. The van der Waals surface area contributed by atoms with Crippen molar-refractivity contribution in [3.05, 3.63) is 52.6 Å². The number of benzene rings is 1. The number of rotatable bonds is 5. The van der Waals surface area contributed by atoms with Gasteiger partial charge in [0.15, 0.2) is 0 Å². The van der Waals surface area contributed by atoms with Gasteiger partial charge in [0.25, 0.3) is 0 Å². The lowest BCUT2D eigenvalue weighted by atomic mass is 10.0. The van der Waals surface area contributed by atoms with Crippen LogP contribution in [0.2, 0.25) is 0 Å². The van der Waals surface area contributed by atoms with Gasteiger partial charge in [0.2, 0.25) is 0 Å². The van der Waals surface area contributed by atoms with E-state index in [0.29, 0.717) is 0 Å². The molecule has 0 radical (unpaired) electrons. The van der Waals surface area contributed by atoms with Gasteiger partial charge in [0, 0.05) is 7.05 Å². The third-order valence-electron chi connectivity index (χ3n) is 3.43. The first-order valence-electron chi connectivity index (χ1n) is 7.08. The summed E-state index contributed by atoms with van der Waals surface area (Å²) in [6.45, 7) is 6.86. The van der Waals surface area contributed by atoms with Gasteiger partial charge < -0.3 is 5.32 Å². The van der Waals surface area contributed by atoms with Crippen molar-refractivity contribution in [2.24, 2.45) is 7.05 Å². The molecule has 1 aromatic heterocycles. The Labute approximate surface area is 119 Å². The van der Waals surface area contributed by atoms with Crippen LogP contribution < -0.4 is 5.32 Å². The van der Waals surface area contributed by atoms with Crippen LogP contribution in [0.25, 0.3) is 0 Å². The SMILES string of the molecule is CCNC(c1cc(C)cc(F)c1)c1cc(CC)nn1C. The van der Waals surface area contributed by atoms with Gasteiger partial charge in [0.05, 0.1) is 17.4 Å². The van der Waals surface area contributed by atoms with E-state index in [4.69, 9.17) is 0 Å². The van der Waals surface area contributed by atoms with Crippen LogP contribution in [-0.2, 0) is 13.5 Å². The molecule has 0 spiro atoms. The lowest BCUT2D eigenvalue weighted by molar-refractivity contribution is 0.563. The van der Waals surface area contributed by atoms with E-state index in [1.807, 2.05) is 24.7 Å². The molecule has 0 aliphatic carbocycles. The van der Waals surface area contributed by atoms with Crippen LogP contribution in [0.4, 0.5) is 4.39 Å². The molecule has 0 saturated carbocycles. The Morgan fingerprint density at radius 1 is 1.25 bits per heavy atom. The molecule has 4 heteroatoms. The van der Waals surface area contributed by atoms with Crippen molar-refractivity contribution in [1.29, 1.82) is 0 Å². The maximum atomic E-state index is 13.7. The Morgan fingerprint density at radius 2 is 2.00 bits per heavy atom. The van der Waals surface area contributed by atoms with Gasteiger partial charge in [-0.3, -0.25) is 4.68 Å². The van der Waals surface area contributed by atoms with Crippen LogP contribution >= 0.6 is 0 Å². The Kier molecular flexibility index (Phi) is 4.55. The largest absolute Gasteiger partial charge is 0.305 e. The van der Waals surface area contributed by atoms with Crippen LogP contribution in [0.1, 0.15) is 42.4 Å². The van der Waals surface area contributed by atoms with Gasteiger partial charge >= 0.3 is 0 Å². The summed E-state index contributed by atoms with van der Waals surface area (Å²) in [5.41, 5.74) is 3.99. The highest BCUT2D eigenvalue weighted by atomic mass is 19.1. The molecule has 2 aromatic rings. The zero-order valence-electron chi connectivity index (χ0n) is 12.6. The minimum Gasteiger partial charge on any atom is -0.305 e. The second-order valence-electron chi connectivity index (χ2n) is 5.09. The molecule has 1 aromatic carbocycles. The molecular formula is C16H22FN3. The van der Waals surface area contributed by atoms with Crippen LogP contribution in [-0.4, -0.2) is 16.3 Å². The van der Waals surface area contributed by atoms with E-state index in [-0.39, 0.29) is 11.9 Å². The second-order valence-corrected chi connectivity index (χ2v) is 5.09. The quantitative estimate of drug-likeness (QED) is 0.908. The number of hydrogen-bond donors (Lipinski definition) is 1. The monoisotopic (exact) mass is 275 g/mol. The van der Waals surface area contributed by atoms with Crippen molar-refractivity contribution >= 4 is 0 Å². The fourth-order valence-electron chi connectivity index (χ4n) is 2.51. The maximum Gasteiger partial charge on any atom is 0.123 e. The average Bonchev–Trinajstić information content (AvgIpc) is 2.76. The molecule has 1 atom stereocenters. The summed E-state index contributed by atoms with van der Waals surface area (Å²) < 4.78 is 15.5. The standard InChI is InChI=1S/C16H22FN3/c1-5-14-10-15(20(4)19-14)16(18-6-2)12-7-11(3)8-13(17)9-12/h7-10,16,18H,5-6H2,1-4H3. The molecule has 0 bridgehead atoms. The lowest BCUT2D eigenvalue weighted by Crippen LogP contribution is -2.24. The number of hydrogen-bond acceptors (Lipinski definition) is 2. The summed E-state index contributed by atoms with van der Waals surface area (Å²) >= 11 is 0. The Bertz CT molecular complexity index is 569. The van der Waals surface area contributed by atoms with Crippen molar-refractivity contribution in [2.45, 2.75) is 33.2 Å². The molecular weight excluding hydrogens is 253 g/mol. The molecule has 1 heterocycles. The highest BCUT2D eigenvalue weighted by Gasteiger charge is 2.18. The summed E-state index contributed by atoms with van der Waals surface area (Å²) in [6, 6.07) is 7.22. The van der Waals surface area contributed by atoms with E-state index < -0.39 is 0 Å². The molecule has 1 N–H and O–H groups in total. The maximum absolute atomic E-state index is 13.7. The predicted octanol–water partition coefficient (Wildman–Crippen LogP) is 3.13. The van der Waals surface area contributed by atoms with E-state index in [0.717, 1.165) is 35.5 Å². The van der Waals surface area contributed by atoms with Crippen molar-refractivity contribution < 1.29 is 4.39 Å². The van der Waals surface area contributed by atoms with Gasteiger partial charge in [0.1, 0.15) is 5.82 Å². The molecule has 2 rings (SSSR count). The van der Waals surface area contributed by atoms with Crippen molar-refractivity contribution in [1.82, 2.24) is 15.1 Å². The normalized spacial score (nSPS) is 12.7. The number of nitrogens with one attached hydrogen (secondary N) is 1. The van der Waals surface area contributed by atoms with Gasteiger partial charge in [-0.05, 0) is 49.2 Å². The first-order valence-corrected chi connectivity index (χ1v) is 7.08. The fourth-order valence-corrected chi connectivity index (χ4v) is 2.51. The van der Waals surface area contributed by atoms with E-state index in [2.05, 4.69) is 30.3 Å². The predicted molar refractivity (Wildman–Crippen MR) is 79.2 cm³/mol. The molecule has 20 heavy (non-hydrogen) atoms. The first kappa shape index (κ1) is 14.7. The molecule has 108 valence electrons. The van der Waals surface area contributed by atoms with Crippen LogP contribution in [0, 0.1) is 12.7 Å². The summed E-state index contributed by atoms with van der Waals surface area (Å²) in [5, 5.41) is 7.91. The van der Waals surface area contributed by atoms with Gasteiger partial charge in [-0.25, -0.2) is 4.39 Å². The molecule has 0 aliphatic rings. The van der Waals surface area contributed by atoms with Gasteiger partial charge in [-0.2, -0.15) is 5.10 Å². The second kappa shape index (κ2) is 6.18. The molecule has 0 amide bonds. The number of aryl methyl sites for hydroxylation is 3.